The standard InChI is InChI=1S/C15H15FN2O2/c1-9(10-3-2-4-12(19)7-10)18-11-5-6-14(16)13(8-11)15(17)20/h2-9,18-19H,1H3,(H2,17,20). The first-order valence-electron chi connectivity index (χ1n) is 6.12. The van der Waals surface area contributed by atoms with Crippen molar-refractivity contribution < 1.29 is 14.3 Å². The molecule has 20 heavy (non-hydrogen) atoms. The number of rotatable bonds is 4. The first-order valence-corrected chi connectivity index (χ1v) is 6.12. The number of nitrogens with two attached hydrogens (primary N) is 1. The van der Waals surface area contributed by atoms with Crippen molar-refractivity contribution in [2.24, 2.45) is 5.73 Å². The van der Waals surface area contributed by atoms with Crippen LogP contribution in [-0.4, -0.2) is 11.0 Å². The molecule has 1 unspecified atom stereocenters. The maximum absolute atomic E-state index is 13.4. The summed E-state index contributed by atoms with van der Waals surface area (Å²) in [6, 6.07) is 10.8. The maximum Gasteiger partial charge on any atom is 0.251 e. The molecule has 1 atom stereocenters. The molecule has 1 amide bonds. The van der Waals surface area contributed by atoms with Gasteiger partial charge in [-0.3, -0.25) is 4.79 Å². The van der Waals surface area contributed by atoms with E-state index in [0.29, 0.717) is 5.69 Å². The molecule has 0 spiro atoms. The molecule has 0 saturated carbocycles. The minimum absolute atomic E-state index is 0.117. The van der Waals surface area contributed by atoms with Gasteiger partial charge in [0.05, 0.1) is 5.56 Å². The summed E-state index contributed by atoms with van der Waals surface area (Å²) < 4.78 is 13.4. The highest BCUT2D eigenvalue weighted by Gasteiger charge is 2.11. The van der Waals surface area contributed by atoms with Crippen molar-refractivity contribution >= 4 is 11.6 Å². The van der Waals surface area contributed by atoms with E-state index in [4.69, 9.17) is 5.73 Å². The number of primary amides is 1. The van der Waals surface area contributed by atoms with E-state index < -0.39 is 11.7 Å². The summed E-state index contributed by atoms with van der Waals surface area (Å²) >= 11 is 0. The number of halogens is 1. The minimum Gasteiger partial charge on any atom is -0.508 e. The van der Waals surface area contributed by atoms with Gasteiger partial charge in [-0.1, -0.05) is 12.1 Å². The topological polar surface area (TPSA) is 75.3 Å². The van der Waals surface area contributed by atoms with Crippen molar-refractivity contribution in [2.75, 3.05) is 5.32 Å². The molecule has 2 aromatic carbocycles. The summed E-state index contributed by atoms with van der Waals surface area (Å²) in [4.78, 5) is 11.1. The fraction of sp³-hybridized carbons (Fsp3) is 0.133. The number of benzene rings is 2. The van der Waals surface area contributed by atoms with E-state index in [1.165, 1.54) is 18.2 Å². The van der Waals surface area contributed by atoms with Gasteiger partial charge in [-0.05, 0) is 42.8 Å². The Balaban J connectivity index is 2.22. The highest BCUT2D eigenvalue weighted by atomic mass is 19.1. The summed E-state index contributed by atoms with van der Waals surface area (Å²) in [5.41, 5.74) is 6.40. The zero-order valence-corrected chi connectivity index (χ0v) is 10.9. The SMILES string of the molecule is CC(Nc1ccc(F)c(C(N)=O)c1)c1cccc(O)c1. The van der Waals surface area contributed by atoms with Crippen LogP contribution in [0.25, 0.3) is 0 Å². The van der Waals surface area contributed by atoms with Gasteiger partial charge in [-0.25, -0.2) is 4.39 Å². The fourth-order valence-electron chi connectivity index (χ4n) is 1.93. The quantitative estimate of drug-likeness (QED) is 0.802. The zero-order valence-electron chi connectivity index (χ0n) is 10.9. The number of amides is 1. The Morgan fingerprint density at radius 3 is 2.70 bits per heavy atom. The third-order valence-corrected chi connectivity index (χ3v) is 2.99. The third-order valence-electron chi connectivity index (χ3n) is 2.99. The number of hydrogen-bond donors (Lipinski definition) is 3. The highest BCUT2D eigenvalue weighted by Crippen LogP contribution is 2.23. The van der Waals surface area contributed by atoms with Crippen LogP contribution in [0.15, 0.2) is 42.5 Å². The maximum atomic E-state index is 13.4. The van der Waals surface area contributed by atoms with Gasteiger partial charge in [0.1, 0.15) is 11.6 Å². The second-order valence-electron chi connectivity index (χ2n) is 4.52. The first kappa shape index (κ1) is 13.9. The number of phenolic OH excluding ortho intramolecular Hbond substituents is 1. The lowest BCUT2D eigenvalue weighted by atomic mass is 10.1. The molecule has 5 heteroatoms. The van der Waals surface area contributed by atoms with Crippen LogP contribution in [0.3, 0.4) is 0 Å². The number of anilines is 1. The van der Waals surface area contributed by atoms with E-state index in [1.807, 2.05) is 13.0 Å². The molecule has 0 bridgehead atoms. The number of phenols is 1. The van der Waals surface area contributed by atoms with E-state index in [-0.39, 0.29) is 17.4 Å². The third kappa shape index (κ3) is 3.06. The van der Waals surface area contributed by atoms with E-state index in [1.54, 1.807) is 18.2 Å². The van der Waals surface area contributed by atoms with E-state index in [2.05, 4.69) is 5.32 Å². The molecule has 104 valence electrons. The molecule has 0 aliphatic carbocycles. The predicted molar refractivity (Wildman–Crippen MR) is 75.1 cm³/mol. The van der Waals surface area contributed by atoms with E-state index in [0.717, 1.165) is 5.56 Å². The van der Waals surface area contributed by atoms with Crippen LogP contribution in [0.2, 0.25) is 0 Å². The monoisotopic (exact) mass is 274 g/mol. The number of hydrogen-bond acceptors (Lipinski definition) is 3. The second-order valence-corrected chi connectivity index (χ2v) is 4.52. The lowest BCUT2D eigenvalue weighted by Gasteiger charge is -2.16. The molecular weight excluding hydrogens is 259 g/mol. The molecule has 0 radical (unpaired) electrons. The van der Waals surface area contributed by atoms with Gasteiger partial charge >= 0.3 is 0 Å². The first-order chi connectivity index (χ1) is 9.47. The molecular formula is C15H15FN2O2. The van der Waals surface area contributed by atoms with Crippen molar-refractivity contribution in [3.63, 3.8) is 0 Å². The van der Waals surface area contributed by atoms with E-state index >= 15 is 0 Å². The van der Waals surface area contributed by atoms with Gasteiger partial charge in [0.2, 0.25) is 0 Å². The molecule has 0 fully saturated rings. The number of nitrogens with one attached hydrogen (secondary N) is 1. The highest BCUT2D eigenvalue weighted by molar-refractivity contribution is 5.94. The Morgan fingerprint density at radius 1 is 1.30 bits per heavy atom. The van der Waals surface area contributed by atoms with Crippen LogP contribution in [-0.2, 0) is 0 Å². The largest absolute Gasteiger partial charge is 0.508 e. The molecule has 4 nitrogen and oxygen atoms in total. The smallest absolute Gasteiger partial charge is 0.251 e. The zero-order chi connectivity index (χ0) is 14.7. The lowest BCUT2D eigenvalue weighted by Crippen LogP contribution is -2.14. The summed E-state index contributed by atoms with van der Waals surface area (Å²) in [6.07, 6.45) is 0. The summed E-state index contributed by atoms with van der Waals surface area (Å²) in [5.74, 6) is -1.28. The van der Waals surface area contributed by atoms with Crippen LogP contribution < -0.4 is 11.1 Å². The molecule has 0 aromatic heterocycles. The Morgan fingerprint density at radius 2 is 2.05 bits per heavy atom. The number of aromatic hydroxyl groups is 1. The minimum atomic E-state index is -0.809. The Kier molecular flexibility index (Phi) is 3.89. The normalized spacial score (nSPS) is 11.9. The van der Waals surface area contributed by atoms with Gasteiger partial charge in [-0.15, -0.1) is 0 Å². The van der Waals surface area contributed by atoms with Crippen LogP contribution in [0, 0.1) is 5.82 Å². The summed E-state index contributed by atoms with van der Waals surface area (Å²) in [6.45, 7) is 1.89. The Bertz CT molecular complexity index is 644. The second kappa shape index (κ2) is 5.61. The number of carbonyl (C=O) groups is 1. The average molecular weight is 274 g/mol. The molecule has 2 rings (SSSR count). The number of carbonyl (C=O) groups excluding carboxylic acids is 1. The van der Waals surface area contributed by atoms with E-state index in [9.17, 15) is 14.3 Å². The molecule has 4 N–H and O–H groups in total. The molecule has 0 aliphatic heterocycles. The fourth-order valence-corrected chi connectivity index (χ4v) is 1.93. The van der Waals surface area contributed by atoms with Gasteiger partial charge in [-0.2, -0.15) is 0 Å². The van der Waals surface area contributed by atoms with Crippen LogP contribution >= 0.6 is 0 Å². The van der Waals surface area contributed by atoms with Crippen molar-refractivity contribution in [1.82, 2.24) is 0 Å². The average Bonchev–Trinajstić information content (AvgIpc) is 2.40. The van der Waals surface area contributed by atoms with Gasteiger partial charge in [0, 0.05) is 11.7 Å². The van der Waals surface area contributed by atoms with Crippen LogP contribution in [0.1, 0.15) is 28.9 Å². The van der Waals surface area contributed by atoms with Crippen LogP contribution in [0.4, 0.5) is 10.1 Å². The van der Waals surface area contributed by atoms with Gasteiger partial charge < -0.3 is 16.2 Å². The van der Waals surface area contributed by atoms with Crippen molar-refractivity contribution in [2.45, 2.75) is 13.0 Å². The molecule has 0 heterocycles. The summed E-state index contributed by atoms with van der Waals surface area (Å²) in [7, 11) is 0. The summed E-state index contributed by atoms with van der Waals surface area (Å²) in [5, 5.41) is 12.6. The van der Waals surface area contributed by atoms with Gasteiger partial charge in [0.15, 0.2) is 0 Å². The van der Waals surface area contributed by atoms with Crippen LogP contribution in [0.5, 0.6) is 5.75 Å². The molecule has 0 saturated heterocycles. The Labute approximate surface area is 116 Å². The van der Waals surface area contributed by atoms with Crippen molar-refractivity contribution in [1.29, 1.82) is 0 Å². The van der Waals surface area contributed by atoms with Crippen molar-refractivity contribution in [3.8, 4) is 5.75 Å². The van der Waals surface area contributed by atoms with Gasteiger partial charge in [0.25, 0.3) is 5.91 Å². The molecule has 0 aliphatic rings. The lowest BCUT2D eigenvalue weighted by molar-refractivity contribution is 0.0996. The van der Waals surface area contributed by atoms with Crippen molar-refractivity contribution in [3.05, 3.63) is 59.4 Å². The predicted octanol–water partition coefficient (Wildman–Crippen LogP) is 2.80. The molecule has 2 aromatic rings. The Hall–Kier alpha value is -2.56.